The van der Waals surface area contributed by atoms with Crippen LogP contribution in [-0.2, 0) is 16.1 Å². The molecular formula is C22H21ClN2O3. The number of amides is 1. The minimum Gasteiger partial charge on any atom is -0.489 e. The lowest BCUT2D eigenvalue weighted by atomic mass is 10.1. The summed E-state index contributed by atoms with van der Waals surface area (Å²) in [6.07, 6.45) is 3.55. The lowest BCUT2D eigenvalue weighted by Gasteiger charge is -2.10. The highest BCUT2D eigenvalue weighted by molar-refractivity contribution is 6.30. The Balaban J connectivity index is 1.55. The minimum absolute atomic E-state index is 0.0426. The molecule has 0 bridgehead atoms. The Hall–Kier alpha value is -2.81. The first-order valence-electron chi connectivity index (χ1n) is 9.13. The molecule has 3 rings (SSSR count). The smallest absolute Gasteiger partial charge is 0.262 e. The summed E-state index contributed by atoms with van der Waals surface area (Å²) in [6.45, 7) is 1.59. The number of hydrogen-bond acceptors (Lipinski definition) is 4. The maximum atomic E-state index is 12.2. The lowest BCUT2D eigenvalue weighted by molar-refractivity contribution is -0.117. The van der Waals surface area contributed by atoms with E-state index < -0.39 is 0 Å². The third-order valence-electron chi connectivity index (χ3n) is 4.39. The van der Waals surface area contributed by atoms with Crippen molar-refractivity contribution >= 4 is 23.6 Å². The molecule has 0 aliphatic carbocycles. The van der Waals surface area contributed by atoms with Gasteiger partial charge in [-0.1, -0.05) is 35.9 Å². The molecule has 6 heteroatoms. The van der Waals surface area contributed by atoms with Gasteiger partial charge in [0, 0.05) is 18.2 Å². The molecule has 1 N–H and O–H groups in total. The van der Waals surface area contributed by atoms with Crippen LogP contribution in [0.15, 0.2) is 54.1 Å². The largest absolute Gasteiger partial charge is 0.489 e. The summed E-state index contributed by atoms with van der Waals surface area (Å²) in [5, 5.41) is 12.7. The summed E-state index contributed by atoms with van der Waals surface area (Å²) in [6, 6.07) is 16.6. The molecule has 0 radical (unpaired) electrons. The van der Waals surface area contributed by atoms with Crippen LogP contribution in [-0.4, -0.2) is 25.2 Å². The molecule has 1 fully saturated rings. The molecule has 1 saturated heterocycles. The quantitative estimate of drug-likeness (QED) is 0.564. The van der Waals surface area contributed by atoms with Crippen LogP contribution in [0.25, 0.3) is 6.08 Å². The highest BCUT2D eigenvalue weighted by atomic mass is 35.5. The lowest BCUT2D eigenvalue weighted by Crippen LogP contribution is -2.32. The van der Waals surface area contributed by atoms with Gasteiger partial charge < -0.3 is 14.8 Å². The molecular weight excluding hydrogens is 376 g/mol. The zero-order valence-corrected chi connectivity index (χ0v) is 16.1. The van der Waals surface area contributed by atoms with Crippen LogP contribution >= 0.6 is 11.6 Å². The summed E-state index contributed by atoms with van der Waals surface area (Å²) < 4.78 is 11.2. The molecule has 0 saturated carbocycles. The van der Waals surface area contributed by atoms with E-state index in [-0.39, 0.29) is 17.6 Å². The molecule has 0 spiro atoms. The number of rotatable bonds is 7. The van der Waals surface area contributed by atoms with Crippen molar-refractivity contribution in [2.75, 3.05) is 13.2 Å². The summed E-state index contributed by atoms with van der Waals surface area (Å²) >= 11 is 5.87. The minimum atomic E-state index is -0.388. The van der Waals surface area contributed by atoms with Crippen LogP contribution in [0.4, 0.5) is 0 Å². The van der Waals surface area contributed by atoms with Gasteiger partial charge in [0.2, 0.25) is 0 Å². The van der Waals surface area contributed by atoms with E-state index >= 15 is 0 Å². The van der Waals surface area contributed by atoms with Gasteiger partial charge >= 0.3 is 0 Å². The van der Waals surface area contributed by atoms with Crippen LogP contribution in [0, 0.1) is 11.3 Å². The van der Waals surface area contributed by atoms with Gasteiger partial charge in [-0.05, 0) is 54.3 Å². The van der Waals surface area contributed by atoms with Crippen LogP contribution < -0.4 is 10.1 Å². The number of nitrogens with one attached hydrogen (secondary N) is 1. The first-order chi connectivity index (χ1) is 13.6. The summed E-state index contributed by atoms with van der Waals surface area (Å²) in [5.41, 5.74) is 1.83. The standard InChI is InChI=1S/C22H21ClN2O3/c23-19-7-3-17(4-8-19)15-28-20-9-5-16(6-10-20)12-18(13-24)22(26)25-14-21-2-1-11-27-21/h3-10,12,21H,1-2,11,14-15H2,(H,25,26). The first kappa shape index (κ1) is 19.9. The summed E-state index contributed by atoms with van der Waals surface area (Å²) in [7, 11) is 0. The number of ether oxygens (including phenoxy) is 2. The van der Waals surface area contributed by atoms with Gasteiger partial charge in [0.05, 0.1) is 6.10 Å². The third kappa shape index (κ3) is 5.85. The second-order valence-corrected chi connectivity index (χ2v) is 6.94. The highest BCUT2D eigenvalue weighted by Gasteiger charge is 2.17. The number of hydrogen-bond donors (Lipinski definition) is 1. The van der Waals surface area contributed by atoms with E-state index in [1.54, 1.807) is 18.2 Å². The number of halogens is 1. The number of benzene rings is 2. The van der Waals surface area contributed by atoms with Crippen molar-refractivity contribution in [2.45, 2.75) is 25.6 Å². The van der Waals surface area contributed by atoms with Crippen molar-refractivity contribution in [3.63, 3.8) is 0 Å². The van der Waals surface area contributed by atoms with Gasteiger partial charge in [-0.3, -0.25) is 4.79 Å². The summed E-state index contributed by atoms with van der Waals surface area (Å²) in [4.78, 5) is 12.2. The van der Waals surface area contributed by atoms with Gasteiger partial charge in [-0.25, -0.2) is 0 Å². The second kappa shape index (κ2) is 9.93. The van der Waals surface area contributed by atoms with Crippen molar-refractivity contribution in [3.8, 4) is 11.8 Å². The van der Waals surface area contributed by atoms with Crippen molar-refractivity contribution < 1.29 is 14.3 Å². The number of carbonyl (C=O) groups excluding carboxylic acids is 1. The molecule has 1 amide bonds. The molecule has 2 aromatic rings. The normalized spacial score (nSPS) is 16.4. The number of nitrogens with zero attached hydrogens (tertiary/aromatic N) is 1. The van der Waals surface area contributed by atoms with Crippen LogP contribution in [0.2, 0.25) is 5.02 Å². The van der Waals surface area contributed by atoms with Gasteiger partial charge in [-0.2, -0.15) is 5.26 Å². The molecule has 2 aromatic carbocycles. The fourth-order valence-corrected chi connectivity index (χ4v) is 2.96. The predicted octanol–water partition coefficient (Wildman–Crippen LogP) is 4.12. The van der Waals surface area contributed by atoms with E-state index in [4.69, 9.17) is 21.1 Å². The molecule has 144 valence electrons. The third-order valence-corrected chi connectivity index (χ3v) is 4.64. The topological polar surface area (TPSA) is 71.3 Å². The Bertz CT molecular complexity index is 864. The Kier molecular flexibility index (Phi) is 7.07. The number of nitriles is 1. The zero-order valence-electron chi connectivity index (χ0n) is 15.4. The molecule has 28 heavy (non-hydrogen) atoms. The average molecular weight is 397 g/mol. The first-order valence-corrected chi connectivity index (χ1v) is 9.51. The second-order valence-electron chi connectivity index (χ2n) is 6.50. The summed E-state index contributed by atoms with van der Waals surface area (Å²) in [5.74, 6) is 0.314. The van der Waals surface area contributed by atoms with E-state index in [1.165, 1.54) is 0 Å². The van der Waals surface area contributed by atoms with Crippen molar-refractivity contribution in [1.29, 1.82) is 5.26 Å². The van der Waals surface area contributed by atoms with Crippen molar-refractivity contribution in [2.24, 2.45) is 0 Å². The van der Waals surface area contributed by atoms with Gasteiger partial charge in [-0.15, -0.1) is 0 Å². The molecule has 1 unspecified atom stereocenters. The van der Waals surface area contributed by atoms with E-state index in [0.717, 1.165) is 30.6 Å². The molecule has 1 heterocycles. The van der Waals surface area contributed by atoms with E-state index in [0.29, 0.717) is 23.9 Å². The van der Waals surface area contributed by atoms with Crippen molar-refractivity contribution in [1.82, 2.24) is 5.32 Å². The van der Waals surface area contributed by atoms with Gasteiger partial charge in [0.25, 0.3) is 5.91 Å². The van der Waals surface area contributed by atoms with Crippen LogP contribution in [0.1, 0.15) is 24.0 Å². The SMILES string of the molecule is N#CC(=Cc1ccc(OCc2ccc(Cl)cc2)cc1)C(=O)NCC1CCCO1. The monoisotopic (exact) mass is 396 g/mol. The zero-order chi connectivity index (χ0) is 19.8. The molecule has 1 aliphatic heterocycles. The Labute approximate surface area is 169 Å². The molecule has 0 aromatic heterocycles. The van der Waals surface area contributed by atoms with E-state index in [9.17, 15) is 10.1 Å². The highest BCUT2D eigenvalue weighted by Crippen LogP contribution is 2.17. The Morgan fingerprint density at radius 1 is 1.25 bits per heavy atom. The van der Waals surface area contributed by atoms with Gasteiger partial charge in [0.1, 0.15) is 24.0 Å². The average Bonchev–Trinajstić information content (AvgIpc) is 3.24. The maximum Gasteiger partial charge on any atom is 0.262 e. The van der Waals surface area contributed by atoms with Crippen LogP contribution in [0.5, 0.6) is 5.75 Å². The fourth-order valence-electron chi connectivity index (χ4n) is 2.83. The van der Waals surface area contributed by atoms with E-state index in [2.05, 4.69) is 5.32 Å². The van der Waals surface area contributed by atoms with Crippen molar-refractivity contribution in [3.05, 3.63) is 70.3 Å². The molecule has 1 atom stereocenters. The Morgan fingerprint density at radius 2 is 2.00 bits per heavy atom. The Morgan fingerprint density at radius 3 is 2.64 bits per heavy atom. The maximum absolute atomic E-state index is 12.2. The fraction of sp³-hybridized carbons (Fsp3) is 0.273. The van der Waals surface area contributed by atoms with Crippen LogP contribution in [0.3, 0.4) is 0 Å². The van der Waals surface area contributed by atoms with Gasteiger partial charge in [0.15, 0.2) is 0 Å². The molecule has 1 aliphatic rings. The predicted molar refractivity (Wildman–Crippen MR) is 108 cm³/mol. The molecule has 5 nitrogen and oxygen atoms in total. The number of carbonyl (C=O) groups is 1. The van der Waals surface area contributed by atoms with E-state index in [1.807, 2.05) is 42.5 Å².